The summed E-state index contributed by atoms with van der Waals surface area (Å²) in [5.41, 5.74) is 0.183. The Hall–Kier alpha value is -2.57. The van der Waals surface area contributed by atoms with E-state index in [9.17, 15) is 19.5 Å². The van der Waals surface area contributed by atoms with Crippen LogP contribution in [0.2, 0.25) is 0 Å². The van der Waals surface area contributed by atoms with Gasteiger partial charge in [0.05, 0.1) is 18.6 Å². The molecule has 23 heavy (non-hydrogen) atoms. The molecule has 124 valence electrons. The molecule has 0 atom stereocenters. The molecule has 1 heterocycles. The van der Waals surface area contributed by atoms with E-state index in [0.29, 0.717) is 25.9 Å². The van der Waals surface area contributed by atoms with Gasteiger partial charge in [-0.3, -0.25) is 9.59 Å². The Balaban J connectivity index is 1.79. The van der Waals surface area contributed by atoms with Crippen molar-refractivity contribution in [2.24, 2.45) is 5.92 Å². The molecule has 1 fully saturated rings. The quantitative estimate of drug-likeness (QED) is 0.830. The standard InChI is InChI=1S/C16H19NO6/c1-22-15(20)11-5-7-17(8-6-11)14(19)10-23-16(21)12-3-2-4-13(18)9-12/h2-4,9,11,18H,5-8,10H2,1H3. The minimum atomic E-state index is -0.668. The molecule has 1 saturated heterocycles. The van der Waals surface area contributed by atoms with Crippen molar-refractivity contribution < 1.29 is 29.0 Å². The van der Waals surface area contributed by atoms with E-state index in [1.807, 2.05) is 0 Å². The van der Waals surface area contributed by atoms with E-state index in [1.54, 1.807) is 4.90 Å². The Bertz CT molecular complexity index is 592. The van der Waals surface area contributed by atoms with Gasteiger partial charge in [0.15, 0.2) is 6.61 Å². The van der Waals surface area contributed by atoms with Gasteiger partial charge in [0.1, 0.15) is 5.75 Å². The lowest BCUT2D eigenvalue weighted by molar-refractivity contribution is -0.149. The van der Waals surface area contributed by atoms with Gasteiger partial charge in [-0.05, 0) is 31.0 Å². The summed E-state index contributed by atoms with van der Waals surface area (Å²) in [7, 11) is 1.35. The molecule has 0 unspecified atom stereocenters. The van der Waals surface area contributed by atoms with Gasteiger partial charge in [0.25, 0.3) is 5.91 Å². The first-order chi connectivity index (χ1) is 11.0. The normalized spacial score (nSPS) is 15.1. The van der Waals surface area contributed by atoms with Gasteiger partial charge in [-0.25, -0.2) is 4.79 Å². The Morgan fingerprint density at radius 1 is 1.26 bits per heavy atom. The molecule has 0 saturated carbocycles. The number of nitrogens with zero attached hydrogens (tertiary/aromatic N) is 1. The predicted molar refractivity (Wildman–Crippen MR) is 79.7 cm³/mol. The summed E-state index contributed by atoms with van der Waals surface area (Å²) in [4.78, 5) is 36.8. The molecule has 0 radical (unpaired) electrons. The smallest absolute Gasteiger partial charge is 0.338 e. The second-order valence-electron chi connectivity index (χ2n) is 5.30. The molecule has 1 amide bonds. The maximum absolute atomic E-state index is 12.0. The monoisotopic (exact) mass is 321 g/mol. The van der Waals surface area contributed by atoms with Crippen LogP contribution in [-0.2, 0) is 19.1 Å². The number of hydrogen-bond donors (Lipinski definition) is 1. The maximum atomic E-state index is 12.0. The summed E-state index contributed by atoms with van der Waals surface area (Å²) in [5, 5.41) is 9.31. The lowest BCUT2D eigenvalue weighted by atomic mass is 9.97. The molecular weight excluding hydrogens is 302 g/mol. The molecule has 0 aromatic heterocycles. The van der Waals surface area contributed by atoms with Gasteiger partial charge in [-0.2, -0.15) is 0 Å². The van der Waals surface area contributed by atoms with Crippen molar-refractivity contribution in [3.63, 3.8) is 0 Å². The summed E-state index contributed by atoms with van der Waals surface area (Å²) in [5.74, 6) is -1.46. The number of likely N-dealkylation sites (tertiary alicyclic amines) is 1. The summed E-state index contributed by atoms with van der Waals surface area (Å²) in [6.45, 7) is 0.502. The maximum Gasteiger partial charge on any atom is 0.338 e. The number of hydrogen-bond acceptors (Lipinski definition) is 6. The Labute approximate surface area is 133 Å². The third-order valence-corrected chi connectivity index (χ3v) is 3.79. The van der Waals surface area contributed by atoms with Crippen LogP contribution in [-0.4, -0.2) is 54.7 Å². The van der Waals surface area contributed by atoms with Crippen molar-refractivity contribution in [2.45, 2.75) is 12.8 Å². The Morgan fingerprint density at radius 3 is 2.57 bits per heavy atom. The van der Waals surface area contributed by atoms with Gasteiger partial charge in [-0.15, -0.1) is 0 Å². The second-order valence-corrected chi connectivity index (χ2v) is 5.30. The molecule has 1 aliphatic rings. The van der Waals surface area contributed by atoms with Gasteiger partial charge < -0.3 is 19.5 Å². The number of methoxy groups -OCH3 is 1. The lowest BCUT2D eigenvalue weighted by Gasteiger charge is -2.30. The molecule has 7 nitrogen and oxygen atoms in total. The van der Waals surface area contributed by atoms with Crippen LogP contribution in [0.5, 0.6) is 5.75 Å². The van der Waals surface area contributed by atoms with Gasteiger partial charge in [0.2, 0.25) is 0 Å². The molecule has 2 rings (SSSR count). The molecule has 1 N–H and O–H groups in total. The second kappa shape index (κ2) is 7.62. The number of rotatable bonds is 4. The van der Waals surface area contributed by atoms with Crippen molar-refractivity contribution in [3.8, 4) is 5.75 Å². The van der Waals surface area contributed by atoms with Crippen molar-refractivity contribution in [1.82, 2.24) is 4.90 Å². The minimum Gasteiger partial charge on any atom is -0.508 e. The zero-order valence-electron chi connectivity index (χ0n) is 12.9. The molecule has 7 heteroatoms. The topological polar surface area (TPSA) is 93.1 Å². The van der Waals surface area contributed by atoms with Crippen LogP contribution in [0.4, 0.5) is 0 Å². The number of piperidine rings is 1. The SMILES string of the molecule is COC(=O)C1CCN(C(=O)COC(=O)c2cccc(O)c2)CC1. The molecule has 0 spiro atoms. The van der Waals surface area contributed by atoms with E-state index in [1.165, 1.54) is 31.4 Å². The van der Waals surface area contributed by atoms with E-state index >= 15 is 0 Å². The summed E-state index contributed by atoms with van der Waals surface area (Å²) in [6.07, 6.45) is 1.08. The average Bonchev–Trinajstić information content (AvgIpc) is 2.58. The average molecular weight is 321 g/mol. The van der Waals surface area contributed by atoms with Crippen LogP contribution < -0.4 is 0 Å². The summed E-state index contributed by atoms with van der Waals surface area (Å²) >= 11 is 0. The first-order valence-electron chi connectivity index (χ1n) is 7.33. The fourth-order valence-electron chi connectivity index (χ4n) is 2.47. The lowest BCUT2D eigenvalue weighted by Crippen LogP contribution is -2.42. The Kier molecular flexibility index (Phi) is 5.56. The number of amides is 1. The third kappa shape index (κ3) is 4.45. The van der Waals surface area contributed by atoms with Crippen LogP contribution >= 0.6 is 0 Å². The van der Waals surface area contributed by atoms with E-state index in [-0.39, 0.29) is 35.7 Å². The van der Waals surface area contributed by atoms with Gasteiger partial charge in [-0.1, -0.05) is 6.07 Å². The van der Waals surface area contributed by atoms with E-state index in [4.69, 9.17) is 9.47 Å². The third-order valence-electron chi connectivity index (χ3n) is 3.79. The van der Waals surface area contributed by atoms with Crippen LogP contribution in [0.25, 0.3) is 0 Å². The van der Waals surface area contributed by atoms with Crippen molar-refractivity contribution >= 4 is 17.8 Å². The number of aromatic hydroxyl groups is 1. The van der Waals surface area contributed by atoms with Crippen LogP contribution in [0.1, 0.15) is 23.2 Å². The number of esters is 2. The van der Waals surface area contributed by atoms with Crippen LogP contribution in [0, 0.1) is 5.92 Å². The van der Waals surface area contributed by atoms with Crippen LogP contribution in [0.15, 0.2) is 24.3 Å². The molecule has 1 aromatic rings. The van der Waals surface area contributed by atoms with E-state index < -0.39 is 5.97 Å². The molecule has 0 bridgehead atoms. The summed E-state index contributed by atoms with van der Waals surface area (Å²) in [6, 6.07) is 5.72. The number of benzene rings is 1. The molecule has 1 aromatic carbocycles. The minimum absolute atomic E-state index is 0.0457. The highest BCUT2D eigenvalue weighted by molar-refractivity contribution is 5.91. The number of ether oxygens (including phenoxy) is 2. The number of carbonyl (C=O) groups is 3. The first kappa shape index (κ1) is 16.8. The van der Waals surface area contributed by atoms with Crippen molar-refractivity contribution in [3.05, 3.63) is 29.8 Å². The number of phenolic OH excluding ortho intramolecular Hbond substituents is 1. The van der Waals surface area contributed by atoms with Crippen molar-refractivity contribution in [2.75, 3.05) is 26.8 Å². The Morgan fingerprint density at radius 2 is 1.96 bits per heavy atom. The largest absolute Gasteiger partial charge is 0.508 e. The zero-order chi connectivity index (χ0) is 16.8. The van der Waals surface area contributed by atoms with Crippen LogP contribution in [0.3, 0.4) is 0 Å². The first-order valence-corrected chi connectivity index (χ1v) is 7.33. The highest BCUT2D eigenvalue weighted by Gasteiger charge is 2.28. The fourth-order valence-corrected chi connectivity index (χ4v) is 2.47. The van der Waals surface area contributed by atoms with Gasteiger partial charge in [0, 0.05) is 13.1 Å². The molecular formula is C16H19NO6. The van der Waals surface area contributed by atoms with Gasteiger partial charge >= 0.3 is 11.9 Å². The van der Waals surface area contributed by atoms with E-state index in [0.717, 1.165) is 0 Å². The highest BCUT2D eigenvalue weighted by atomic mass is 16.5. The van der Waals surface area contributed by atoms with E-state index in [2.05, 4.69) is 0 Å². The fraction of sp³-hybridized carbons (Fsp3) is 0.438. The number of carbonyl (C=O) groups excluding carboxylic acids is 3. The van der Waals surface area contributed by atoms with Crippen molar-refractivity contribution in [1.29, 1.82) is 0 Å². The highest BCUT2D eigenvalue weighted by Crippen LogP contribution is 2.18. The molecule has 1 aliphatic heterocycles. The zero-order valence-corrected chi connectivity index (χ0v) is 12.9. The summed E-state index contributed by atoms with van der Waals surface area (Å²) < 4.78 is 9.65. The predicted octanol–water partition coefficient (Wildman–Crippen LogP) is 0.961. The molecule has 0 aliphatic carbocycles. The number of phenols is 1.